The van der Waals surface area contributed by atoms with Gasteiger partial charge in [-0.15, -0.1) is 12.4 Å². The minimum absolute atomic E-state index is 0. The van der Waals surface area contributed by atoms with E-state index >= 15 is 0 Å². The van der Waals surface area contributed by atoms with Gasteiger partial charge in [0, 0.05) is 0 Å². The van der Waals surface area contributed by atoms with Gasteiger partial charge in [-0.05, 0) is 91.2 Å². The highest BCUT2D eigenvalue weighted by Crippen LogP contribution is 2.30. The molecule has 1 unspecified atom stereocenters. The van der Waals surface area contributed by atoms with E-state index in [1.165, 1.54) is 60.0 Å². The zero-order valence-electron chi connectivity index (χ0n) is 19.4. The summed E-state index contributed by atoms with van der Waals surface area (Å²) in [5, 5.41) is 0. The first-order valence-electron chi connectivity index (χ1n) is 11.9. The SMILES string of the molecule is CCN(CC)CCC1CCc2cc(OCc3ccc(-c4ccccc4)cc3)ccc2C1.Cl. The van der Waals surface area contributed by atoms with E-state index in [0.29, 0.717) is 6.61 Å². The van der Waals surface area contributed by atoms with E-state index in [1.807, 2.05) is 0 Å². The maximum atomic E-state index is 6.13. The topological polar surface area (TPSA) is 12.5 Å². The quantitative estimate of drug-likeness (QED) is 0.342. The molecule has 3 aromatic rings. The average Bonchev–Trinajstić information content (AvgIpc) is 2.84. The van der Waals surface area contributed by atoms with Crippen molar-refractivity contribution in [2.75, 3.05) is 19.6 Å². The third-order valence-corrected chi connectivity index (χ3v) is 6.72. The van der Waals surface area contributed by atoms with E-state index < -0.39 is 0 Å². The Hall–Kier alpha value is -2.29. The van der Waals surface area contributed by atoms with Crippen molar-refractivity contribution in [2.24, 2.45) is 5.92 Å². The highest BCUT2D eigenvalue weighted by Gasteiger charge is 2.19. The minimum atomic E-state index is 0. The van der Waals surface area contributed by atoms with Crippen molar-refractivity contribution in [3.8, 4) is 16.9 Å². The normalized spacial score (nSPS) is 15.2. The van der Waals surface area contributed by atoms with Crippen LogP contribution in [0.15, 0.2) is 72.8 Å². The van der Waals surface area contributed by atoms with Gasteiger partial charge in [0.25, 0.3) is 0 Å². The molecule has 3 heteroatoms. The van der Waals surface area contributed by atoms with Crippen molar-refractivity contribution in [2.45, 2.75) is 46.1 Å². The summed E-state index contributed by atoms with van der Waals surface area (Å²) in [6, 6.07) is 25.9. The Bertz CT molecular complexity index is 951. The summed E-state index contributed by atoms with van der Waals surface area (Å²) in [6.45, 7) is 8.69. The number of hydrogen-bond donors (Lipinski definition) is 0. The van der Waals surface area contributed by atoms with Crippen LogP contribution >= 0.6 is 12.4 Å². The molecule has 0 aliphatic heterocycles. The van der Waals surface area contributed by atoms with Crippen molar-refractivity contribution < 1.29 is 4.74 Å². The summed E-state index contributed by atoms with van der Waals surface area (Å²) in [4.78, 5) is 2.54. The first-order chi connectivity index (χ1) is 15.2. The molecule has 2 nitrogen and oxygen atoms in total. The lowest BCUT2D eigenvalue weighted by Crippen LogP contribution is -2.27. The molecule has 0 N–H and O–H groups in total. The number of benzene rings is 3. The Morgan fingerprint density at radius 1 is 0.844 bits per heavy atom. The first-order valence-corrected chi connectivity index (χ1v) is 11.9. The Morgan fingerprint density at radius 2 is 1.56 bits per heavy atom. The van der Waals surface area contributed by atoms with Crippen LogP contribution in [0.2, 0.25) is 0 Å². The van der Waals surface area contributed by atoms with E-state index in [-0.39, 0.29) is 12.4 Å². The average molecular weight is 450 g/mol. The summed E-state index contributed by atoms with van der Waals surface area (Å²) in [6.07, 6.45) is 5.02. The largest absolute Gasteiger partial charge is 0.489 e. The van der Waals surface area contributed by atoms with Gasteiger partial charge in [-0.1, -0.05) is 74.5 Å². The van der Waals surface area contributed by atoms with E-state index in [2.05, 4.69) is 91.5 Å². The van der Waals surface area contributed by atoms with Crippen LogP contribution in [0.1, 0.15) is 43.4 Å². The van der Waals surface area contributed by atoms with Gasteiger partial charge >= 0.3 is 0 Å². The maximum Gasteiger partial charge on any atom is 0.120 e. The Balaban J connectivity index is 0.00000289. The molecule has 0 aromatic heterocycles. The molecule has 1 aliphatic carbocycles. The van der Waals surface area contributed by atoms with Gasteiger partial charge in [-0.25, -0.2) is 0 Å². The number of aryl methyl sites for hydroxylation is 1. The summed E-state index contributed by atoms with van der Waals surface area (Å²) in [5.74, 6) is 1.82. The zero-order chi connectivity index (χ0) is 21.5. The van der Waals surface area contributed by atoms with Crippen LogP contribution in [0.4, 0.5) is 0 Å². The Kier molecular flexibility index (Phi) is 9.20. The fraction of sp³-hybridized carbons (Fsp3) is 0.379. The highest BCUT2D eigenvalue weighted by molar-refractivity contribution is 5.85. The van der Waals surface area contributed by atoms with Crippen LogP contribution in [0, 0.1) is 5.92 Å². The fourth-order valence-corrected chi connectivity index (χ4v) is 4.64. The third-order valence-electron chi connectivity index (χ3n) is 6.72. The predicted octanol–water partition coefficient (Wildman–Crippen LogP) is 7.19. The van der Waals surface area contributed by atoms with Crippen LogP contribution in [0.5, 0.6) is 5.75 Å². The number of ether oxygens (including phenoxy) is 1. The lowest BCUT2D eigenvalue weighted by molar-refractivity contribution is 0.266. The number of rotatable bonds is 9. The minimum Gasteiger partial charge on any atom is -0.489 e. The molecule has 0 heterocycles. The molecule has 170 valence electrons. The number of halogens is 1. The summed E-state index contributed by atoms with van der Waals surface area (Å²) >= 11 is 0. The second kappa shape index (κ2) is 12.1. The lowest BCUT2D eigenvalue weighted by Gasteiger charge is -2.27. The summed E-state index contributed by atoms with van der Waals surface area (Å²) in [5.41, 5.74) is 6.70. The molecule has 0 saturated heterocycles. The van der Waals surface area contributed by atoms with Crippen LogP contribution in [-0.2, 0) is 19.4 Å². The van der Waals surface area contributed by atoms with Crippen LogP contribution in [-0.4, -0.2) is 24.5 Å². The molecular formula is C29H36ClNO. The van der Waals surface area contributed by atoms with Gasteiger partial charge in [0.05, 0.1) is 0 Å². The smallest absolute Gasteiger partial charge is 0.120 e. The third kappa shape index (κ3) is 6.37. The van der Waals surface area contributed by atoms with Crippen molar-refractivity contribution >= 4 is 12.4 Å². The zero-order valence-corrected chi connectivity index (χ0v) is 20.2. The number of hydrogen-bond acceptors (Lipinski definition) is 2. The molecule has 0 saturated carbocycles. The van der Waals surface area contributed by atoms with Gasteiger partial charge in [0.15, 0.2) is 0 Å². The highest BCUT2D eigenvalue weighted by atomic mass is 35.5. The van der Waals surface area contributed by atoms with E-state index in [1.54, 1.807) is 0 Å². The maximum absolute atomic E-state index is 6.13. The van der Waals surface area contributed by atoms with Crippen molar-refractivity contribution in [3.05, 3.63) is 89.5 Å². The van der Waals surface area contributed by atoms with Gasteiger partial charge < -0.3 is 9.64 Å². The summed E-state index contributed by atoms with van der Waals surface area (Å²) in [7, 11) is 0. The van der Waals surface area contributed by atoms with Crippen molar-refractivity contribution in [1.82, 2.24) is 4.90 Å². The van der Waals surface area contributed by atoms with Crippen LogP contribution < -0.4 is 4.74 Å². The van der Waals surface area contributed by atoms with Gasteiger partial charge in [-0.3, -0.25) is 0 Å². The molecule has 0 fully saturated rings. The standard InChI is InChI=1S/C29H35NO.ClH/c1-3-30(4-2)19-18-23-10-15-28-21-29(17-16-27(28)20-23)31-22-24-11-13-26(14-12-24)25-8-6-5-7-9-25;/h5-9,11-14,16-17,21,23H,3-4,10,15,18-20,22H2,1-2H3;1H. The first kappa shape index (κ1) is 24.4. The second-order valence-electron chi connectivity index (χ2n) is 8.71. The Morgan fingerprint density at radius 3 is 2.28 bits per heavy atom. The fourth-order valence-electron chi connectivity index (χ4n) is 4.64. The molecule has 4 rings (SSSR count). The second-order valence-corrected chi connectivity index (χ2v) is 8.71. The van der Waals surface area contributed by atoms with Crippen molar-refractivity contribution in [1.29, 1.82) is 0 Å². The summed E-state index contributed by atoms with van der Waals surface area (Å²) < 4.78 is 6.13. The van der Waals surface area contributed by atoms with Crippen LogP contribution in [0.3, 0.4) is 0 Å². The molecule has 1 aliphatic rings. The van der Waals surface area contributed by atoms with Crippen LogP contribution in [0.25, 0.3) is 11.1 Å². The molecule has 32 heavy (non-hydrogen) atoms. The van der Waals surface area contributed by atoms with E-state index in [9.17, 15) is 0 Å². The number of nitrogens with zero attached hydrogens (tertiary/aromatic N) is 1. The Labute approximate surface area is 200 Å². The van der Waals surface area contributed by atoms with Gasteiger partial charge in [0.2, 0.25) is 0 Å². The molecule has 3 aromatic carbocycles. The van der Waals surface area contributed by atoms with Crippen molar-refractivity contribution in [3.63, 3.8) is 0 Å². The van der Waals surface area contributed by atoms with Gasteiger partial charge in [0.1, 0.15) is 12.4 Å². The van der Waals surface area contributed by atoms with Gasteiger partial charge in [-0.2, -0.15) is 0 Å². The van der Waals surface area contributed by atoms with E-state index in [0.717, 1.165) is 24.8 Å². The monoisotopic (exact) mass is 449 g/mol. The molecule has 0 radical (unpaired) electrons. The predicted molar refractivity (Wildman–Crippen MR) is 138 cm³/mol. The number of fused-ring (bicyclic) bond motifs is 1. The lowest BCUT2D eigenvalue weighted by atomic mass is 9.82. The molecular weight excluding hydrogens is 414 g/mol. The molecule has 1 atom stereocenters. The molecule has 0 amide bonds. The molecule has 0 bridgehead atoms. The van der Waals surface area contributed by atoms with E-state index in [4.69, 9.17) is 4.74 Å². The molecule has 0 spiro atoms.